The molecular weight excluding hydrogens is 445 g/mol. The first kappa shape index (κ1) is 35.1. The molecule has 0 aliphatic rings. The molecule has 33 heavy (non-hydrogen) atoms. The lowest BCUT2D eigenvalue weighted by molar-refractivity contribution is 0.136. The lowest BCUT2D eigenvalue weighted by Gasteiger charge is -2.17. The van der Waals surface area contributed by atoms with Gasteiger partial charge in [-0.25, -0.2) is 4.57 Å². The molecule has 0 fully saturated rings. The topological polar surface area (TPSA) is 120 Å². The molecule has 0 unspecified atom stereocenters. The monoisotopic (exact) mass is 499 g/mol. The van der Waals surface area contributed by atoms with Gasteiger partial charge in [-0.1, -0.05) is 90.9 Å². The van der Waals surface area contributed by atoms with Crippen molar-refractivity contribution in [2.45, 2.75) is 104 Å². The van der Waals surface area contributed by atoms with Crippen LogP contribution >= 0.6 is 7.82 Å². The maximum atomic E-state index is 11.7. The second kappa shape index (κ2) is 28.2. The number of hydrogen-bond acceptors (Lipinski definition) is 7. The van der Waals surface area contributed by atoms with Crippen molar-refractivity contribution in [3.8, 4) is 0 Å². The van der Waals surface area contributed by atoms with Gasteiger partial charge < -0.3 is 20.2 Å². The van der Waals surface area contributed by atoms with Gasteiger partial charge in [-0.3, -0.25) is 13.9 Å². The Morgan fingerprint density at radius 1 is 0.576 bits per heavy atom. The van der Waals surface area contributed by atoms with Crippen LogP contribution in [0.15, 0.2) is 0 Å². The molecule has 0 bridgehead atoms. The number of aliphatic hydroxyl groups excluding tert-OH is 3. The standard InChI is InChI=1S/C18H39O4P.C6H15NO3/c1-3-5-7-9-11-13-15-17-21-23(19,20)22-18-16-14-12-10-8-6-4-2;8-4-1-7(2-5-9)3-6-10/h3-18H2,1-2H3,(H,19,20);8-10H,1-6H2. The molecule has 0 amide bonds. The highest BCUT2D eigenvalue weighted by Gasteiger charge is 2.19. The Hall–Kier alpha value is -0.0500. The fourth-order valence-corrected chi connectivity index (χ4v) is 4.07. The number of phosphoric ester groups is 1. The Balaban J connectivity index is 0. The summed E-state index contributed by atoms with van der Waals surface area (Å²) in [4.78, 5) is 11.4. The Labute approximate surface area is 203 Å². The summed E-state index contributed by atoms with van der Waals surface area (Å²) in [5, 5.41) is 25.5. The van der Waals surface area contributed by atoms with E-state index in [1.165, 1.54) is 64.2 Å². The quantitative estimate of drug-likeness (QED) is 0.109. The van der Waals surface area contributed by atoms with Gasteiger partial charge in [-0.05, 0) is 12.8 Å². The van der Waals surface area contributed by atoms with Crippen molar-refractivity contribution < 1.29 is 33.8 Å². The number of aliphatic hydroxyl groups is 3. The van der Waals surface area contributed by atoms with E-state index in [2.05, 4.69) is 13.8 Å². The van der Waals surface area contributed by atoms with Crippen LogP contribution in [0.5, 0.6) is 0 Å². The maximum Gasteiger partial charge on any atom is 0.472 e. The van der Waals surface area contributed by atoms with E-state index in [9.17, 15) is 9.46 Å². The number of unbranched alkanes of at least 4 members (excludes halogenated alkanes) is 12. The first-order valence-corrected chi connectivity index (χ1v) is 14.6. The van der Waals surface area contributed by atoms with Crippen molar-refractivity contribution in [1.82, 2.24) is 4.90 Å². The van der Waals surface area contributed by atoms with Gasteiger partial charge in [0.1, 0.15) is 0 Å². The van der Waals surface area contributed by atoms with Gasteiger partial charge in [-0.15, -0.1) is 0 Å². The van der Waals surface area contributed by atoms with Gasteiger partial charge >= 0.3 is 7.82 Å². The molecule has 0 radical (unpaired) electrons. The van der Waals surface area contributed by atoms with Crippen molar-refractivity contribution >= 4 is 7.82 Å². The van der Waals surface area contributed by atoms with Gasteiger partial charge in [0.25, 0.3) is 0 Å². The van der Waals surface area contributed by atoms with E-state index in [4.69, 9.17) is 24.4 Å². The Bertz CT molecular complexity index is 378. The first-order valence-electron chi connectivity index (χ1n) is 13.1. The molecule has 0 atom stereocenters. The van der Waals surface area contributed by atoms with E-state index in [-0.39, 0.29) is 19.8 Å². The summed E-state index contributed by atoms with van der Waals surface area (Å²) < 4.78 is 21.7. The smallest absolute Gasteiger partial charge is 0.395 e. The highest BCUT2D eigenvalue weighted by Crippen LogP contribution is 2.43. The second-order valence-corrected chi connectivity index (χ2v) is 9.84. The van der Waals surface area contributed by atoms with E-state index in [0.717, 1.165) is 25.7 Å². The summed E-state index contributed by atoms with van der Waals surface area (Å²) in [7, 11) is -3.82. The van der Waals surface area contributed by atoms with Crippen molar-refractivity contribution in [2.24, 2.45) is 0 Å². The normalized spacial score (nSPS) is 11.6. The minimum Gasteiger partial charge on any atom is -0.395 e. The van der Waals surface area contributed by atoms with Crippen LogP contribution in [0, 0.1) is 0 Å². The minimum absolute atomic E-state index is 0.0694. The summed E-state index contributed by atoms with van der Waals surface area (Å²) in [5.41, 5.74) is 0. The number of rotatable bonds is 24. The van der Waals surface area contributed by atoms with Crippen LogP contribution in [-0.2, 0) is 13.6 Å². The first-order chi connectivity index (χ1) is 16.0. The van der Waals surface area contributed by atoms with Gasteiger partial charge in [0.2, 0.25) is 0 Å². The molecular formula is C24H54NO7P. The number of hydrogen-bond donors (Lipinski definition) is 4. The van der Waals surface area contributed by atoms with E-state index >= 15 is 0 Å². The van der Waals surface area contributed by atoms with Crippen LogP contribution in [0.25, 0.3) is 0 Å². The molecule has 0 aliphatic heterocycles. The Morgan fingerprint density at radius 3 is 1.18 bits per heavy atom. The zero-order chi connectivity index (χ0) is 25.0. The molecule has 202 valence electrons. The average molecular weight is 500 g/mol. The summed E-state index contributed by atoms with van der Waals surface area (Å²) in [5.74, 6) is 0. The van der Waals surface area contributed by atoms with Gasteiger partial charge in [-0.2, -0.15) is 0 Å². The number of phosphoric acid groups is 1. The van der Waals surface area contributed by atoms with E-state index in [0.29, 0.717) is 32.8 Å². The van der Waals surface area contributed by atoms with Crippen molar-refractivity contribution in [3.63, 3.8) is 0 Å². The minimum atomic E-state index is -3.82. The average Bonchev–Trinajstić information content (AvgIpc) is 2.78. The van der Waals surface area contributed by atoms with Gasteiger partial charge in [0, 0.05) is 19.6 Å². The molecule has 0 rings (SSSR count). The van der Waals surface area contributed by atoms with Crippen molar-refractivity contribution in [3.05, 3.63) is 0 Å². The molecule has 0 saturated carbocycles. The maximum absolute atomic E-state index is 11.7. The molecule has 0 aromatic rings. The van der Waals surface area contributed by atoms with Crippen LogP contribution in [0.2, 0.25) is 0 Å². The zero-order valence-electron chi connectivity index (χ0n) is 21.5. The van der Waals surface area contributed by atoms with Crippen LogP contribution in [0.3, 0.4) is 0 Å². The van der Waals surface area contributed by atoms with Crippen LogP contribution in [-0.4, -0.2) is 77.8 Å². The predicted molar refractivity (Wildman–Crippen MR) is 135 cm³/mol. The molecule has 0 aromatic carbocycles. The molecule has 0 saturated heterocycles. The molecule has 8 nitrogen and oxygen atoms in total. The second-order valence-electron chi connectivity index (χ2n) is 8.39. The van der Waals surface area contributed by atoms with E-state index < -0.39 is 7.82 Å². The third-order valence-corrected chi connectivity index (χ3v) is 6.27. The molecule has 0 spiro atoms. The summed E-state index contributed by atoms with van der Waals surface area (Å²) >= 11 is 0. The Morgan fingerprint density at radius 2 is 0.879 bits per heavy atom. The third-order valence-electron chi connectivity index (χ3n) is 5.25. The van der Waals surface area contributed by atoms with Crippen molar-refractivity contribution in [1.29, 1.82) is 0 Å². The van der Waals surface area contributed by atoms with E-state index in [1.807, 2.05) is 0 Å². The van der Waals surface area contributed by atoms with Crippen molar-refractivity contribution in [2.75, 3.05) is 52.7 Å². The largest absolute Gasteiger partial charge is 0.472 e. The summed E-state index contributed by atoms with van der Waals surface area (Å²) in [6, 6.07) is 0. The molecule has 0 heterocycles. The highest BCUT2D eigenvalue weighted by molar-refractivity contribution is 7.47. The zero-order valence-corrected chi connectivity index (χ0v) is 22.4. The van der Waals surface area contributed by atoms with Gasteiger partial charge in [0.15, 0.2) is 0 Å². The lowest BCUT2D eigenvalue weighted by Crippen LogP contribution is -2.32. The molecule has 0 aromatic heterocycles. The fraction of sp³-hybridized carbons (Fsp3) is 1.00. The highest BCUT2D eigenvalue weighted by atomic mass is 31.2. The van der Waals surface area contributed by atoms with Gasteiger partial charge in [0.05, 0.1) is 33.0 Å². The lowest BCUT2D eigenvalue weighted by atomic mass is 10.1. The fourth-order valence-electron chi connectivity index (χ4n) is 3.28. The predicted octanol–water partition coefficient (Wildman–Crippen LogP) is 4.89. The van der Waals surface area contributed by atoms with Crippen LogP contribution in [0.4, 0.5) is 0 Å². The SMILES string of the molecule is CCCCCCCCCOP(=O)(O)OCCCCCCCCC.OCCN(CCO)CCO. The van der Waals surface area contributed by atoms with Crippen LogP contribution < -0.4 is 0 Å². The molecule has 4 N–H and O–H groups in total. The summed E-state index contributed by atoms with van der Waals surface area (Å²) in [6.45, 7) is 6.80. The van der Waals surface area contributed by atoms with Crippen LogP contribution in [0.1, 0.15) is 104 Å². The number of nitrogens with zero attached hydrogens (tertiary/aromatic N) is 1. The molecule has 0 aliphatic carbocycles. The van der Waals surface area contributed by atoms with E-state index in [1.54, 1.807) is 4.90 Å². The summed E-state index contributed by atoms with van der Waals surface area (Å²) in [6.07, 6.45) is 16.3. The molecule has 9 heteroatoms. The third kappa shape index (κ3) is 29.9. The Kier molecular flexibility index (Phi) is 30.0.